The van der Waals surface area contributed by atoms with Gasteiger partial charge in [0.25, 0.3) is 5.90 Å². The SMILES string of the molecule is CCCCCC(CC)c1ccccc1CCS(=O)(=O)NN1N=C(c2cc(C)nc(N3CCCC(O)C3)n2)OC1O. The second-order valence-electron chi connectivity index (χ2n) is 10.6. The number of aromatic nitrogens is 2. The van der Waals surface area contributed by atoms with E-state index in [0.29, 0.717) is 42.8 Å². The van der Waals surface area contributed by atoms with Crippen molar-refractivity contribution in [3.8, 4) is 0 Å². The lowest BCUT2D eigenvalue weighted by Gasteiger charge is -2.30. The Balaban J connectivity index is 1.43. The molecule has 3 unspecified atom stereocenters. The van der Waals surface area contributed by atoms with Crippen LogP contribution in [0.5, 0.6) is 0 Å². The summed E-state index contributed by atoms with van der Waals surface area (Å²) in [6.07, 6.45) is 5.40. The zero-order valence-electron chi connectivity index (χ0n) is 23.7. The maximum atomic E-state index is 13.0. The van der Waals surface area contributed by atoms with Gasteiger partial charge >= 0.3 is 6.41 Å². The highest BCUT2D eigenvalue weighted by Crippen LogP contribution is 2.29. The first-order chi connectivity index (χ1) is 19.2. The molecular weight excluding hydrogens is 532 g/mol. The first-order valence-electron chi connectivity index (χ1n) is 14.3. The van der Waals surface area contributed by atoms with Crippen LogP contribution >= 0.6 is 0 Å². The number of aliphatic hydroxyl groups is 2. The molecule has 4 rings (SSSR count). The Hall–Kier alpha value is -2.80. The number of β-amino-alcohol motifs (C(OH)–C–C–N with tert-alkyl or cyclic N) is 1. The van der Waals surface area contributed by atoms with Crippen molar-refractivity contribution in [3.05, 3.63) is 52.8 Å². The molecule has 3 N–H and O–H groups in total. The van der Waals surface area contributed by atoms with Crippen molar-refractivity contribution < 1.29 is 23.4 Å². The molecule has 3 heterocycles. The number of hydrogen-bond acceptors (Lipinski definition) is 10. The highest BCUT2D eigenvalue weighted by atomic mass is 32.2. The van der Waals surface area contributed by atoms with E-state index in [0.717, 1.165) is 42.8 Å². The van der Waals surface area contributed by atoms with Crippen molar-refractivity contribution >= 4 is 21.9 Å². The summed E-state index contributed by atoms with van der Waals surface area (Å²) in [4.78, 5) is 13.2. The Kier molecular flexibility index (Phi) is 10.3. The Morgan fingerprint density at radius 2 is 1.98 bits per heavy atom. The number of anilines is 1. The molecule has 0 aliphatic carbocycles. The van der Waals surface area contributed by atoms with Crippen molar-refractivity contribution in [1.82, 2.24) is 19.9 Å². The van der Waals surface area contributed by atoms with Crippen LogP contribution in [0.1, 0.15) is 87.2 Å². The quantitative estimate of drug-likeness (QED) is 0.308. The number of hydrazone groups is 1. The lowest BCUT2D eigenvalue weighted by molar-refractivity contribution is -0.129. The van der Waals surface area contributed by atoms with Gasteiger partial charge in [0.2, 0.25) is 16.0 Å². The molecule has 1 fully saturated rings. The minimum Gasteiger partial charge on any atom is -0.423 e. The van der Waals surface area contributed by atoms with Crippen LogP contribution in [0.15, 0.2) is 35.4 Å². The maximum absolute atomic E-state index is 13.0. The van der Waals surface area contributed by atoms with Crippen molar-refractivity contribution in [2.75, 3.05) is 23.7 Å². The van der Waals surface area contributed by atoms with E-state index in [1.54, 1.807) is 13.0 Å². The number of aryl methyl sites for hydroxylation is 2. The molecule has 0 radical (unpaired) electrons. The summed E-state index contributed by atoms with van der Waals surface area (Å²) in [5, 5.41) is 25.4. The number of hydrogen-bond donors (Lipinski definition) is 3. The fourth-order valence-corrected chi connectivity index (χ4v) is 6.25. The molecule has 40 heavy (non-hydrogen) atoms. The Morgan fingerprint density at radius 1 is 1.18 bits per heavy atom. The van der Waals surface area contributed by atoms with Gasteiger partial charge in [0.1, 0.15) is 5.69 Å². The van der Waals surface area contributed by atoms with E-state index in [-0.39, 0.29) is 11.7 Å². The van der Waals surface area contributed by atoms with E-state index in [9.17, 15) is 18.6 Å². The smallest absolute Gasteiger partial charge is 0.313 e. The van der Waals surface area contributed by atoms with Crippen molar-refractivity contribution in [3.63, 3.8) is 0 Å². The number of unbranched alkanes of at least 4 members (excludes halogenated alkanes) is 2. The monoisotopic (exact) mass is 574 g/mol. The molecule has 3 atom stereocenters. The van der Waals surface area contributed by atoms with E-state index in [1.165, 1.54) is 18.4 Å². The molecule has 0 saturated carbocycles. The standard InChI is InChI=1S/C28H42N6O5S/c1-4-6-7-11-21(5-2)24-14-9-8-12-22(24)15-17-40(37,38)32-34-28(36)39-26(31-34)25-18-20(3)29-27(30-25)33-16-10-13-23(35)19-33/h8-9,12,14,18,21,23,28,32,35-36H,4-7,10-11,13,15-17,19H2,1-3H3. The number of nitrogens with one attached hydrogen (secondary N) is 1. The van der Waals surface area contributed by atoms with Crippen LogP contribution in [0.25, 0.3) is 0 Å². The third-order valence-electron chi connectivity index (χ3n) is 7.38. The van der Waals surface area contributed by atoms with Gasteiger partial charge in [0.05, 0.1) is 11.9 Å². The number of hydrazine groups is 1. The Bertz CT molecular complexity index is 1270. The molecule has 0 amide bonds. The van der Waals surface area contributed by atoms with Gasteiger partial charge in [-0.05, 0) is 62.1 Å². The van der Waals surface area contributed by atoms with Crippen LogP contribution in [0, 0.1) is 6.92 Å². The topological polar surface area (TPSA) is 140 Å². The van der Waals surface area contributed by atoms with Crippen LogP contribution in [0.3, 0.4) is 0 Å². The number of ether oxygens (including phenoxy) is 1. The zero-order chi connectivity index (χ0) is 28.7. The summed E-state index contributed by atoms with van der Waals surface area (Å²) >= 11 is 0. The van der Waals surface area contributed by atoms with Gasteiger partial charge in [-0.3, -0.25) is 0 Å². The largest absolute Gasteiger partial charge is 0.423 e. The average Bonchev–Trinajstić information content (AvgIpc) is 3.29. The van der Waals surface area contributed by atoms with Crippen molar-refractivity contribution in [2.24, 2.45) is 5.10 Å². The second-order valence-corrected chi connectivity index (χ2v) is 12.4. The van der Waals surface area contributed by atoms with Gasteiger partial charge < -0.3 is 19.8 Å². The third-order valence-corrected chi connectivity index (χ3v) is 8.59. The highest BCUT2D eigenvalue weighted by molar-refractivity contribution is 7.89. The lowest BCUT2D eigenvalue weighted by Crippen LogP contribution is -2.44. The molecule has 2 aliphatic heterocycles. The zero-order valence-corrected chi connectivity index (χ0v) is 24.5. The van der Waals surface area contributed by atoms with Crippen LogP contribution in [0.4, 0.5) is 5.95 Å². The predicted molar refractivity (Wildman–Crippen MR) is 154 cm³/mol. The molecule has 2 aliphatic rings. The normalized spacial score (nSPS) is 20.4. The molecule has 0 spiro atoms. The fourth-order valence-electron chi connectivity index (χ4n) is 5.25. The summed E-state index contributed by atoms with van der Waals surface area (Å²) in [5.74, 6) is 0.626. The number of nitrogens with zero attached hydrogens (tertiary/aromatic N) is 5. The molecule has 1 saturated heterocycles. The van der Waals surface area contributed by atoms with E-state index in [2.05, 4.69) is 39.8 Å². The third kappa shape index (κ3) is 7.90. The van der Waals surface area contributed by atoms with Gasteiger partial charge in [-0.15, -0.1) is 15.1 Å². The van der Waals surface area contributed by atoms with Crippen molar-refractivity contribution in [1.29, 1.82) is 0 Å². The number of aliphatic hydroxyl groups excluding tert-OH is 2. The number of benzene rings is 1. The minimum atomic E-state index is -3.85. The molecule has 220 valence electrons. The molecule has 1 aromatic carbocycles. The first kappa shape index (κ1) is 30.2. The van der Waals surface area contributed by atoms with E-state index < -0.39 is 22.5 Å². The van der Waals surface area contributed by atoms with E-state index in [1.807, 2.05) is 23.1 Å². The van der Waals surface area contributed by atoms with Crippen LogP contribution in [-0.4, -0.2) is 71.0 Å². The van der Waals surface area contributed by atoms with Gasteiger partial charge in [0.15, 0.2) is 0 Å². The molecule has 2 aromatic rings. The number of piperidine rings is 1. The van der Waals surface area contributed by atoms with Gasteiger partial charge in [-0.1, -0.05) is 57.4 Å². The Morgan fingerprint density at radius 3 is 2.73 bits per heavy atom. The second kappa shape index (κ2) is 13.7. The van der Waals surface area contributed by atoms with E-state index in [4.69, 9.17) is 4.74 Å². The van der Waals surface area contributed by atoms with Crippen LogP contribution < -0.4 is 9.73 Å². The summed E-state index contributed by atoms with van der Waals surface area (Å²) in [5.41, 5.74) is 3.19. The van der Waals surface area contributed by atoms with E-state index >= 15 is 0 Å². The molecule has 11 nitrogen and oxygen atoms in total. The van der Waals surface area contributed by atoms with Gasteiger partial charge in [0, 0.05) is 18.8 Å². The first-order valence-corrected chi connectivity index (χ1v) is 15.9. The molecule has 0 bridgehead atoms. The number of sulfonamides is 1. The predicted octanol–water partition coefficient (Wildman–Crippen LogP) is 3.17. The molecule has 12 heteroatoms. The lowest BCUT2D eigenvalue weighted by atomic mass is 9.87. The van der Waals surface area contributed by atoms with Crippen LogP contribution in [0.2, 0.25) is 0 Å². The summed E-state index contributed by atoms with van der Waals surface area (Å²) in [6, 6.07) is 9.69. The van der Waals surface area contributed by atoms with Crippen LogP contribution in [-0.2, 0) is 21.2 Å². The van der Waals surface area contributed by atoms with Crippen molar-refractivity contribution in [2.45, 2.75) is 90.6 Å². The van der Waals surface area contributed by atoms with Gasteiger partial charge in [-0.25, -0.2) is 18.4 Å². The highest BCUT2D eigenvalue weighted by Gasteiger charge is 2.32. The summed E-state index contributed by atoms with van der Waals surface area (Å²) in [7, 11) is -3.85. The molecule has 1 aromatic heterocycles. The number of rotatable bonds is 13. The summed E-state index contributed by atoms with van der Waals surface area (Å²) < 4.78 is 31.5. The average molecular weight is 575 g/mol. The summed E-state index contributed by atoms with van der Waals surface area (Å²) in [6.45, 7) is 7.30. The molecular formula is C28H42N6O5S. The minimum absolute atomic E-state index is 0.0253. The maximum Gasteiger partial charge on any atom is 0.313 e. The van der Waals surface area contributed by atoms with Gasteiger partial charge in [-0.2, -0.15) is 0 Å². The fraction of sp³-hybridized carbons (Fsp3) is 0.607. The Labute approximate surface area is 237 Å².